The highest BCUT2D eigenvalue weighted by Gasteiger charge is 2.45. The molecule has 1 amide bonds. The molecule has 1 saturated carbocycles. The van der Waals surface area contributed by atoms with Crippen LogP contribution in [0.1, 0.15) is 35.2 Å². The van der Waals surface area contributed by atoms with E-state index in [1.54, 1.807) is 23.4 Å². The molecule has 3 atom stereocenters. The van der Waals surface area contributed by atoms with Crippen LogP contribution in [0.15, 0.2) is 55.0 Å². The highest BCUT2D eigenvalue weighted by molar-refractivity contribution is 6.00. The third-order valence-corrected chi connectivity index (χ3v) is 6.34. The molecule has 0 spiro atoms. The Morgan fingerprint density at radius 1 is 1.06 bits per heavy atom. The number of benzene rings is 1. The van der Waals surface area contributed by atoms with E-state index in [-0.39, 0.29) is 29.3 Å². The second-order valence-electron chi connectivity index (χ2n) is 8.51. The number of piperidine rings is 2. The zero-order valence-electron chi connectivity index (χ0n) is 17.9. The summed E-state index contributed by atoms with van der Waals surface area (Å²) in [6, 6.07) is 7.38. The Labute approximate surface area is 192 Å². The van der Waals surface area contributed by atoms with Crippen LogP contribution in [0.25, 0.3) is 11.4 Å². The van der Waals surface area contributed by atoms with Crippen LogP contribution in [-0.4, -0.2) is 44.4 Å². The molecule has 0 N–H and O–H groups in total. The van der Waals surface area contributed by atoms with Crippen LogP contribution < -0.4 is 4.74 Å². The largest absolute Gasteiger partial charge is 0.472 e. The zero-order chi connectivity index (χ0) is 23.9. The number of pyridine rings is 1. The number of alkyl halides is 3. The molecule has 0 radical (unpaired) electrons. The molecule has 2 aliphatic heterocycles. The van der Waals surface area contributed by atoms with Gasteiger partial charge in [-0.1, -0.05) is 0 Å². The molecule has 3 unspecified atom stereocenters. The lowest BCUT2D eigenvalue weighted by molar-refractivity contribution is -0.137. The number of rotatable bonds is 4. The maximum Gasteiger partial charge on any atom is 0.417 e. The van der Waals surface area contributed by atoms with Gasteiger partial charge >= 0.3 is 6.18 Å². The monoisotopic (exact) mass is 472 g/mol. The molecular formula is C24H20F4N4O2. The molecule has 1 aliphatic carbocycles. The van der Waals surface area contributed by atoms with E-state index in [1.807, 2.05) is 0 Å². The molecule has 6 rings (SSSR count). The summed E-state index contributed by atoms with van der Waals surface area (Å²) in [6.07, 6.45) is 1.16. The standard InChI is InChI=1S/C24H20F4N4O2/c25-16-4-5-17(22-29-8-1-9-30-22)18(11-16)23(33)32-13-14-2-6-19(32)20(10-14)34-21-7-3-15(12-31-21)24(26,27)28/h1,3-5,7-9,11-12,14,19-20H,2,6,10,13H2. The lowest BCUT2D eigenvalue weighted by atomic mass is 9.77. The van der Waals surface area contributed by atoms with Gasteiger partial charge in [-0.15, -0.1) is 0 Å². The smallest absolute Gasteiger partial charge is 0.417 e. The van der Waals surface area contributed by atoms with Crippen molar-refractivity contribution in [3.05, 3.63) is 71.9 Å². The zero-order valence-corrected chi connectivity index (χ0v) is 17.9. The van der Waals surface area contributed by atoms with Crippen LogP contribution in [0.2, 0.25) is 0 Å². The van der Waals surface area contributed by atoms with Gasteiger partial charge in [0.1, 0.15) is 11.9 Å². The minimum atomic E-state index is -4.48. The summed E-state index contributed by atoms with van der Waals surface area (Å²) in [7, 11) is 0. The van der Waals surface area contributed by atoms with Gasteiger partial charge in [0, 0.05) is 36.8 Å². The molecule has 2 bridgehead atoms. The lowest BCUT2D eigenvalue weighted by Gasteiger charge is -2.49. The van der Waals surface area contributed by atoms with E-state index >= 15 is 0 Å². The fraction of sp³-hybridized carbons (Fsp3) is 0.333. The minimum absolute atomic E-state index is 0.0714. The number of carbonyl (C=O) groups excluding carboxylic acids is 1. The third kappa shape index (κ3) is 4.32. The maximum atomic E-state index is 14.1. The van der Waals surface area contributed by atoms with Crippen molar-refractivity contribution in [1.82, 2.24) is 19.9 Å². The summed E-state index contributed by atoms with van der Waals surface area (Å²) in [6.45, 7) is 0.495. The van der Waals surface area contributed by atoms with Gasteiger partial charge in [0.2, 0.25) is 5.88 Å². The van der Waals surface area contributed by atoms with Crippen LogP contribution in [0.4, 0.5) is 17.6 Å². The van der Waals surface area contributed by atoms with Gasteiger partial charge < -0.3 is 9.64 Å². The van der Waals surface area contributed by atoms with Crippen LogP contribution >= 0.6 is 0 Å². The molecule has 3 aromatic rings. The van der Waals surface area contributed by atoms with Gasteiger partial charge in [0.05, 0.1) is 17.2 Å². The van der Waals surface area contributed by atoms with E-state index in [2.05, 4.69) is 15.0 Å². The van der Waals surface area contributed by atoms with Gasteiger partial charge in [0.25, 0.3) is 5.91 Å². The summed E-state index contributed by atoms with van der Waals surface area (Å²) >= 11 is 0. The number of nitrogens with zero attached hydrogens (tertiary/aromatic N) is 4. The topological polar surface area (TPSA) is 68.2 Å². The summed E-state index contributed by atoms with van der Waals surface area (Å²) in [5, 5.41) is 0. The average molecular weight is 472 g/mol. The summed E-state index contributed by atoms with van der Waals surface area (Å²) in [5.41, 5.74) is -0.274. The average Bonchev–Trinajstić information content (AvgIpc) is 2.84. The molecule has 2 aromatic heterocycles. The van der Waals surface area contributed by atoms with Gasteiger partial charge in [-0.2, -0.15) is 13.2 Å². The maximum absolute atomic E-state index is 14.1. The van der Waals surface area contributed by atoms with E-state index in [0.29, 0.717) is 30.8 Å². The van der Waals surface area contributed by atoms with Gasteiger partial charge in [-0.05, 0) is 55.5 Å². The number of carbonyl (C=O) groups is 1. The molecule has 3 aliphatic rings. The molecule has 34 heavy (non-hydrogen) atoms. The van der Waals surface area contributed by atoms with E-state index in [9.17, 15) is 22.4 Å². The molecular weight excluding hydrogens is 452 g/mol. The second-order valence-corrected chi connectivity index (χ2v) is 8.51. The first-order chi connectivity index (χ1) is 16.3. The van der Waals surface area contributed by atoms with Gasteiger partial charge in [-0.3, -0.25) is 4.79 Å². The van der Waals surface area contributed by atoms with Crippen molar-refractivity contribution in [3.8, 4) is 17.3 Å². The van der Waals surface area contributed by atoms with Crippen molar-refractivity contribution >= 4 is 5.91 Å². The number of hydrogen-bond donors (Lipinski definition) is 0. The SMILES string of the molecule is O=C(c1cc(F)ccc1-c1ncccn1)N1CC2CCC1C(Oc1ccc(C(F)(F)F)cn1)C2. The molecule has 1 aromatic carbocycles. The van der Waals surface area contributed by atoms with Gasteiger partial charge in [0.15, 0.2) is 5.82 Å². The van der Waals surface area contributed by atoms with Crippen LogP contribution in [0.3, 0.4) is 0 Å². The quantitative estimate of drug-likeness (QED) is 0.512. The number of amides is 1. The molecule has 6 nitrogen and oxygen atoms in total. The second kappa shape index (κ2) is 8.66. The van der Waals surface area contributed by atoms with E-state index in [1.165, 1.54) is 24.3 Å². The van der Waals surface area contributed by atoms with Crippen LogP contribution in [0, 0.1) is 11.7 Å². The van der Waals surface area contributed by atoms with Crippen molar-refractivity contribution in [1.29, 1.82) is 0 Å². The molecule has 4 heterocycles. The first kappa shape index (κ1) is 22.2. The first-order valence-electron chi connectivity index (χ1n) is 10.9. The Balaban J connectivity index is 1.40. The third-order valence-electron chi connectivity index (χ3n) is 6.34. The van der Waals surface area contributed by atoms with E-state index in [0.717, 1.165) is 18.7 Å². The first-order valence-corrected chi connectivity index (χ1v) is 10.9. The number of aromatic nitrogens is 3. The number of fused-ring (bicyclic) bond motifs is 3. The highest BCUT2D eigenvalue weighted by Crippen LogP contribution is 2.39. The molecule has 10 heteroatoms. The van der Waals surface area contributed by atoms with Crippen molar-refractivity contribution in [2.24, 2.45) is 5.92 Å². The van der Waals surface area contributed by atoms with E-state index in [4.69, 9.17) is 4.74 Å². The van der Waals surface area contributed by atoms with Crippen molar-refractivity contribution in [2.75, 3.05) is 6.54 Å². The van der Waals surface area contributed by atoms with Crippen molar-refractivity contribution in [3.63, 3.8) is 0 Å². The van der Waals surface area contributed by atoms with Crippen molar-refractivity contribution in [2.45, 2.75) is 37.6 Å². The number of halogens is 4. The Morgan fingerprint density at radius 2 is 1.85 bits per heavy atom. The molecule has 2 saturated heterocycles. The summed E-state index contributed by atoms with van der Waals surface area (Å²) < 4.78 is 58.6. The van der Waals surface area contributed by atoms with Crippen LogP contribution in [-0.2, 0) is 6.18 Å². The lowest BCUT2D eigenvalue weighted by Crippen LogP contribution is -2.59. The fourth-order valence-corrected chi connectivity index (χ4v) is 4.75. The predicted octanol–water partition coefficient (Wildman–Crippen LogP) is 4.77. The number of ether oxygens (including phenoxy) is 1. The summed E-state index contributed by atoms with van der Waals surface area (Å²) in [4.78, 5) is 27.5. The highest BCUT2D eigenvalue weighted by atomic mass is 19.4. The fourth-order valence-electron chi connectivity index (χ4n) is 4.75. The van der Waals surface area contributed by atoms with Crippen molar-refractivity contribution < 1.29 is 27.1 Å². The number of hydrogen-bond acceptors (Lipinski definition) is 5. The molecule has 176 valence electrons. The Bertz CT molecular complexity index is 1190. The predicted molar refractivity (Wildman–Crippen MR) is 113 cm³/mol. The van der Waals surface area contributed by atoms with Crippen LogP contribution in [0.5, 0.6) is 5.88 Å². The van der Waals surface area contributed by atoms with Gasteiger partial charge in [-0.25, -0.2) is 19.3 Å². The Hall–Kier alpha value is -3.56. The summed E-state index contributed by atoms with van der Waals surface area (Å²) in [5.74, 6) is -0.354. The van der Waals surface area contributed by atoms with E-state index < -0.39 is 23.7 Å². The molecule has 3 fully saturated rings. The normalized spacial score (nSPS) is 22.0. The Kier molecular flexibility index (Phi) is 5.66. The minimum Gasteiger partial charge on any atom is -0.472 e. The Morgan fingerprint density at radius 3 is 2.53 bits per heavy atom.